The van der Waals surface area contributed by atoms with Gasteiger partial charge < -0.3 is 16.4 Å². The number of carbonyl (C=O) groups is 1. The summed E-state index contributed by atoms with van der Waals surface area (Å²) in [4.78, 5) is 19.6. The molecule has 0 bridgehead atoms. The van der Waals surface area contributed by atoms with Crippen LogP contribution in [0, 0.1) is 5.41 Å². The highest BCUT2D eigenvalue weighted by atomic mass is 16.1. The lowest BCUT2D eigenvalue weighted by Crippen LogP contribution is -2.32. The Kier molecular flexibility index (Phi) is 4.11. The van der Waals surface area contributed by atoms with Crippen LogP contribution >= 0.6 is 0 Å². The molecule has 1 aromatic heterocycles. The first-order chi connectivity index (χ1) is 8.25. The van der Waals surface area contributed by atoms with Crippen LogP contribution in [0.25, 0.3) is 0 Å². The minimum Gasteiger partial charge on any atom is -0.366 e. The van der Waals surface area contributed by atoms with Crippen LogP contribution in [0.4, 0.5) is 11.8 Å². The number of rotatable bonds is 4. The molecule has 0 aliphatic carbocycles. The Morgan fingerprint density at radius 2 is 2.06 bits per heavy atom. The third kappa shape index (κ3) is 3.32. The van der Waals surface area contributed by atoms with E-state index in [9.17, 15) is 4.79 Å². The Hall–Kier alpha value is -1.85. The van der Waals surface area contributed by atoms with Gasteiger partial charge in [0.1, 0.15) is 5.82 Å². The van der Waals surface area contributed by atoms with E-state index in [1.807, 2.05) is 6.92 Å². The minimum absolute atomic E-state index is 0.0413. The monoisotopic (exact) mass is 251 g/mol. The molecule has 0 saturated carbocycles. The first-order valence-electron chi connectivity index (χ1n) is 5.87. The van der Waals surface area contributed by atoms with Crippen molar-refractivity contribution in [3.8, 4) is 0 Å². The highest BCUT2D eigenvalue weighted by Gasteiger charge is 2.22. The van der Waals surface area contributed by atoms with Gasteiger partial charge in [-0.15, -0.1) is 0 Å². The van der Waals surface area contributed by atoms with Gasteiger partial charge in [-0.05, 0) is 12.3 Å². The van der Waals surface area contributed by atoms with Crippen molar-refractivity contribution in [1.82, 2.24) is 9.97 Å². The fourth-order valence-electron chi connectivity index (χ4n) is 1.21. The van der Waals surface area contributed by atoms with Crippen molar-refractivity contribution in [3.63, 3.8) is 0 Å². The minimum atomic E-state index is -0.540. The number of carbonyl (C=O) groups excluding carboxylic acids is 1. The Morgan fingerprint density at radius 1 is 1.44 bits per heavy atom. The van der Waals surface area contributed by atoms with Gasteiger partial charge in [-0.25, -0.2) is 4.98 Å². The van der Waals surface area contributed by atoms with Gasteiger partial charge in [0, 0.05) is 19.3 Å². The largest absolute Gasteiger partial charge is 0.366 e. The van der Waals surface area contributed by atoms with Gasteiger partial charge >= 0.3 is 0 Å². The molecular formula is C12H21N5O. The van der Waals surface area contributed by atoms with Crippen molar-refractivity contribution >= 4 is 17.7 Å². The molecule has 0 spiro atoms. The van der Waals surface area contributed by atoms with Crippen LogP contribution in [0.2, 0.25) is 0 Å². The van der Waals surface area contributed by atoms with E-state index in [-0.39, 0.29) is 11.5 Å². The van der Waals surface area contributed by atoms with Gasteiger partial charge in [-0.2, -0.15) is 4.98 Å². The zero-order valence-electron chi connectivity index (χ0n) is 11.5. The second kappa shape index (κ2) is 5.20. The molecule has 0 radical (unpaired) electrons. The molecule has 1 amide bonds. The Labute approximate surface area is 107 Å². The molecular weight excluding hydrogens is 230 g/mol. The topological polar surface area (TPSA) is 92.9 Å². The summed E-state index contributed by atoms with van der Waals surface area (Å²) in [5.74, 6) is 0.370. The van der Waals surface area contributed by atoms with E-state index in [0.29, 0.717) is 17.3 Å². The molecule has 6 nitrogen and oxygen atoms in total. The van der Waals surface area contributed by atoms with Crippen molar-refractivity contribution in [2.24, 2.45) is 11.1 Å². The van der Waals surface area contributed by atoms with Gasteiger partial charge in [0.25, 0.3) is 5.91 Å². The highest BCUT2D eigenvalue weighted by Crippen LogP contribution is 2.23. The predicted octanol–water partition coefficient (Wildman–Crippen LogP) is 1.46. The van der Waals surface area contributed by atoms with E-state index in [0.717, 1.165) is 0 Å². The normalized spacial score (nSPS) is 12.9. The molecule has 0 aliphatic heterocycles. The summed E-state index contributed by atoms with van der Waals surface area (Å²) in [5.41, 5.74) is 5.65. The summed E-state index contributed by atoms with van der Waals surface area (Å²) in [5, 5.41) is 6.05. The van der Waals surface area contributed by atoms with E-state index in [1.165, 1.54) is 6.20 Å². The number of hydrogen-bond acceptors (Lipinski definition) is 5. The van der Waals surface area contributed by atoms with E-state index in [4.69, 9.17) is 5.73 Å². The average Bonchev–Trinajstić information content (AvgIpc) is 2.27. The fourth-order valence-corrected chi connectivity index (χ4v) is 1.21. The lowest BCUT2D eigenvalue weighted by atomic mass is 9.88. The molecule has 0 fully saturated rings. The number of hydrogen-bond donors (Lipinski definition) is 3. The van der Waals surface area contributed by atoms with Crippen LogP contribution < -0.4 is 16.4 Å². The number of nitrogens with one attached hydrogen (secondary N) is 2. The average molecular weight is 251 g/mol. The van der Waals surface area contributed by atoms with Crippen molar-refractivity contribution in [3.05, 3.63) is 11.8 Å². The van der Waals surface area contributed by atoms with Gasteiger partial charge in [0.05, 0.1) is 5.56 Å². The SMILES string of the molecule is CNc1ncc(C(N)=O)c(N[C@@H](C)C(C)(C)C)n1. The maximum atomic E-state index is 11.3. The lowest BCUT2D eigenvalue weighted by molar-refractivity contribution is 0.100. The second-order valence-electron chi connectivity index (χ2n) is 5.30. The number of nitrogens with two attached hydrogens (primary N) is 1. The first-order valence-corrected chi connectivity index (χ1v) is 5.87. The summed E-state index contributed by atoms with van der Waals surface area (Å²) < 4.78 is 0. The molecule has 1 atom stereocenters. The maximum Gasteiger partial charge on any atom is 0.254 e. The van der Waals surface area contributed by atoms with Crippen LogP contribution in [-0.2, 0) is 0 Å². The van der Waals surface area contributed by atoms with Gasteiger partial charge in [0.15, 0.2) is 0 Å². The molecule has 100 valence electrons. The Morgan fingerprint density at radius 3 is 2.50 bits per heavy atom. The van der Waals surface area contributed by atoms with Crippen molar-refractivity contribution in [2.45, 2.75) is 33.7 Å². The molecule has 4 N–H and O–H groups in total. The number of aromatic nitrogens is 2. The predicted molar refractivity (Wildman–Crippen MR) is 72.6 cm³/mol. The molecule has 0 aliphatic rings. The Bertz CT molecular complexity index is 439. The smallest absolute Gasteiger partial charge is 0.254 e. The number of anilines is 2. The molecule has 1 aromatic rings. The van der Waals surface area contributed by atoms with Crippen LogP contribution in [0.1, 0.15) is 38.1 Å². The summed E-state index contributed by atoms with van der Waals surface area (Å²) >= 11 is 0. The molecule has 1 heterocycles. The number of nitrogens with zero attached hydrogens (tertiary/aromatic N) is 2. The Balaban J connectivity index is 3.08. The van der Waals surface area contributed by atoms with Crippen LogP contribution in [-0.4, -0.2) is 29.0 Å². The first kappa shape index (κ1) is 14.2. The standard InChI is InChI=1S/C12H21N5O/c1-7(12(2,3)4)16-10-8(9(13)18)6-15-11(14-5)17-10/h6-7H,1-5H3,(H2,13,18)(H2,14,15,16,17)/t7-/m0/s1. The molecule has 0 saturated heterocycles. The molecule has 1 rings (SSSR count). The third-order valence-electron chi connectivity index (χ3n) is 2.93. The van der Waals surface area contributed by atoms with Crippen molar-refractivity contribution in [1.29, 1.82) is 0 Å². The molecule has 0 aromatic carbocycles. The molecule has 6 heteroatoms. The van der Waals surface area contributed by atoms with Gasteiger partial charge in [-0.1, -0.05) is 20.8 Å². The van der Waals surface area contributed by atoms with E-state index < -0.39 is 5.91 Å². The summed E-state index contributed by atoms with van der Waals surface area (Å²) in [6, 6.07) is 0.134. The summed E-state index contributed by atoms with van der Waals surface area (Å²) in [6.07, 6.45) is 1.43. The molecule has 18 heavy (non-hydrogen) atoms. The molecule has 0 unspecified atom stereocenters. The van der Waals surface area contributed by atoms with Crippen LogP contribution in [0.15, 0.2) is 6.20 Å². The summed E-state index contributed by atoms with van der Waals surface area (Å²) in [6.45, 7) is 8.35. The van der Waals surface area contributed by atoms with E-state index in [1.54, 1.807) is 7.05 Å². The third-order valence-corrected chi connectivity index (χ3v) is 2.93. The zero-order valence-corrected chi connectivity index (χ0v) is 11.5. The zero-order chi connectivity index (χ0) is 13.9. The van der Waals surface area contributed by atoms with E-state index in [2.05, 4.69) is 41.4 Å². The maximum absolute atomic E-state index is 11.3. The van der Waals surface area contributed by atoms with Gasteiger partial charge in [0.2, 0.25) is 5.95 Å². The van der Waals surface area contributed by atoms with E-state index >= 15 is 0 Å². The number of primary amides is 1. The van der Waals surface area contributed by atoms with Crippen LogP contribution in [0.3, 0.4) is 0 Å². The second-order valence-corrected chi connectivity index (χ2v) is 5.30. The number of amides is 1. The fraction of sp³-hybridized carbons (Fsp3) is 0.583. The van der Waals surface area contributed by atoms with Crippen LogP contribution in [0.5, 0.6) is 0 Å². The quantitative estimate of drug-likeness (QED) is 0.753. The summed E-state index contributed by atoms with van der Waals surface area (Å²) in [7, 11) is 1.72. The highest BCUT2D eigenvalue weighted by molar-refractivity contribution is 5.97. The van der Waals surface area contributed by atoms with Crippen molar-refractivity contribution in [2.75, 3.05) is 17.7 Å². The van der Waals surface area contributed by atoms with Gasteiger partial charge in [-0.3, -0.25) is 4.79 Å². The lowest BCUT2D eigenvalue weighted by Gasteiger charge is -2.29. The van der Waals surface area contributed by atoms with Crippen molar-refractivity contribution < 1.29 is 4.79 Å².